The molecule has 0 aliphatic carbocycles. The molecule has 8 heteroatoms. The SMILES string of the molecule is C#CCNS(=O)(=O)c1cccc(C(=O)Nc2ccc(N3CCOCC3)cc2)c1. The lowest BCUT2D eigenvalue weighted by atomic mass is 10.2. The van der Waals surface area contributed by atoms with Crippen LogP contribution in [0.5, 0.6) is 0 Å². The van der Waals surface area contributed by atoms with E-state index in [1.54, 1.807) is 6.07 Å². The number of nitrogens with one attached hydrogen (secondary N) is 2. The third-order valence-corrected chi connectivity index (χ3v) is 5.67. The molecule has 2 N–H and O–H groups in total. The van der Waals surface area contributed by atoms with Crippen LogP contribution < -0.4 is 14.9 Å². The third-order valence-electron chi connectivity index (χ3n) is 4.27. The summed E-state index contributed by atoms with van der Waals surface area (Å²) in [6.07, 6.45) is 5.09. The standard InChI is InChI=1S/C20H21N3O4S/c1-2-10-21-28(25,26)19-5-3-4-16(15-19)20(24)22-17-6-8-18(9-7-17)23-11-13-27-14-12-23/h1,3-9,15,21H,10-14H2,(H,22,24). The van der Waals surface area contributed by atoms with Gasteiger partial charge in [-0.25, -0.2) is 8.42 Å². The van der Waals surface area contributed by atoms with Gasteiger partial charge in [0.15, 0.2) is 0 Å². The predicted molar refractivity (Wildman–Crippen MR) is 108 cm³/mol. The number of anilines is 2. The number of benzene rings is 2. The van der Waals surface area contributed by atoms with Gasteiger partial charge in [0.2, 0.25) is 10.0 Å². The Morgan fingerprint density at radius 1 is 1.14 bits per heavy atom. The minimum atomic E-state index is -3.76. The zero-order valence-corrected chi connectivity index (χ0v) is 16.0. The largest absolute Gasteiger partial charge is 0.378 e. The number of terminal acetylenes is 1. The van der Waals surface area contributed by atoms with Gasteiger partial charge >= 0.3 is 0 Å². The van der Waals surface area contributed by atoms with Gasteiger partial charge in [0.05, 0.1) is 24.7 Å². The highest BCUT2D eigenvalue weighted by Gasteiger charge is 2.16. The van der Waals surface area contributed by atoms with Crippen molar-refractivity contribution in [3.8, 4) is 12.3 Å². The third kappa shape index (κ3) is 4.89. The van der Waals surface area contributed by atoms with E-state index in [-0.39, 0.29) is 17.0 Å². The fourth-order valence-corrected chi connectivity index (χ4v) is 3.78. The Morgan fingerprint density at radius 3 is 2.54 bits per heavy atom. The molecule has 28 heavy (non-hydrogen) atoms. The Bertz CT molecular complexity index is 975. The summed E-state index contributed by atoms with van der Waals surface area (Å²) in [5.74, 6) is 1.82. The average Bonchev–Trinajstić information content (AvgIpc) is 2.73. The minimum absolute atomic E-state index is 0.0157. The van der Waals surface area contributed by atoms with Crippen molar-refractivity contribution in [1.82, 2.24) is 4.72 Å². The first-order valence-corrected chi connectivity index (χ1v) is 10.3. The van der Waals surface area contributed by atoms with E-state index in [0.29, 0.717) is 18.9 Å². The first kappa shape index (κ1) is 19.9. The number of rotatable bonds is 6. The Kier molecular flexibility index (Phi) is 6.31. The average molecular weight is 399 g/mol. The van der Waals surface area contributed by atoms with E-state index in [1.165, 1.54) is 18.2 Å². The molecule has 0 aromatic heterocycles. The molecule has 0 spiro atoms. The number of carbonyl (C=O) groups excluding carboxylic acids is 1. The number of nitrogens with zero attached hydrogens (tertiary/aromatic N) is 1. The first-order valence-electron chi connectivity index (χ1n) is 8.77. The van der Waals surface area contributed by atoms with Gasteiger partial charge in [-0.15, -0.1) is 6.42 Å². The molecule has 0 unspecified atom stereocenters. The van der Waals surface area contributed by atoms with Gasteiger partial charge in [-0.1, -0.05) is 12.0 Å². The molecule has 1 aliphatic heterocycles. The summed E-state index contributed by atoms with van der Waals surface area (Å²) in [5, 5.41) is 2.78. The van der Waals surface area contributed by atoms with Crippen molar-refractivity contribution in [1.29, 1.82) is 0 Å². The molecular weight excluding hydrogens is 378 g/mol. The number of sulfonamides is 1. The second-order valence-electron chi connectivity index (χ2n) is 6.16. The molecule has 2 aromatic rings. The molecule has 1 fully saturated rings. The lowest BCUT2D eigenvalue weighted by Gasteiger charge is -2.28. The molecule has 2 aromatic carbocycles. The van der Waals surface area contributed by atoms with Gasteiger partial charge in [0, 0.05) is 30.0 Å². The van der Waals surface area contributed by atoms with Crippen LogP contribution >= 0.6 is 0 Å². The van der Waals surface area contributed by atoms with Crippen molar-refractivity contribution in [3.05, 3.63) is 54.1 Å². The van der Waals surface area contributed by atoms with E-state index in [9.17, 15) is 13.2 Å². The molecule has 0 bridgehead atoms. The topological polar surface area (TPSA) is 87.7 Å². The van der Waals surface area contributed by atoms with Crippen LogP contribution in [0.1, 0.15) is 10.4 Å². The van der Waals surface area contributed by atoms with Crippen LogP contribution in [0.3, 0.4) is 0 Å². The Balaban J connectivity index is 1.69. The summed E-state index contributed by atoms with van der Waals surface area (Å²) in [6, 6.07) is 13.3. The van der Waals surface area contributed by atoms with Crippen molar-refractivity contribution in [2.24, 2.45) is 0 Å². The molecule has 0 atom stereocenters. The molecule has 146 valence electrons. The van der Waals surface area contributed by atoms with Crippen LogP contribution in [0, 0.1) is 12.3 Å². The lowest BCUT2D eigenvalue weighted by Crippen LogP contribution is -2.36. The molecule has 1 saturated heterocycles. The smallest absolute Gasteiger partial charge is 0.255 e. The summed E-state index contributed by atoms with van der Waals surface area (Å²) in [7, 11) is -3.76. The fraction of sp³-hybridized carbons (Fsp3) is 0.250. The van der Waals surface area contributed by atoms with Gasteiger partial charge in [0.1, 0.15) is 0 Å². The summed E-state index contributed by atoms with van der Waals surface area (Å²) >= 11 is 0. The van der Waals surface area contributed by atoms with Crippen molar-refractivity contribution >= 4 is 27.3 Å². The second kappa shape index (κ2) is 8.89. The Morgan fingerprint density at radius 2 is 1.86 bits per heavy atom. The summed E-state index contributed by atoms with van der Waals surface area (Å²) in [6.45, 7) is 2.96. The molecular formula is C20H21N3O4S. The number of ether oxygens (including phenoxy) is 1. The number of hydrogen-bond donors (Lipinski definition) is 2. The number of hydrogen-bond acceptors (Lipinski definition) is 5. The first-order chi connectivity index (χ1) is 13.5. The van der Waals surface area contributed by atoms with Gasteiger partial charge in [0.25, 0.3) is 5.91 Å². The second-order valence-corrected chi connectivity index (χ2v) is 7.92. The van der Waals surface area contributed by atoms with Crippen LogP contribution in [0.15, 0.2) is 53.4 Å². The van der Waals surface area contributed by atoms with Crippen molar-refractivity contribution in [2.45, 2.75) is 4.90 Å². The van der Waals surface area contributed by atoms with Gasteiger partial charge < -0.3 is 15.0 Å². The molecule has 1 amide bonds. The van der Waals surface area contributed by atoms with Gasteiger partial charge in [-0.05, 0) is 42.5 Å². The van der Waals surface area contributed by atoms with E-state index in [4.69, 9.17) is 11.2 Å². The highest BCUT2D eigenvalue weighted by molar-refractivity contribution is 7.89. The molecule has 1 aliphatic rings. The number of morpholine rings is 1. The van der Waals surface area contributed by atoms with E-state index in [1.807, 2.05) is 24.3 Å². The molecule has 3 rings (SSSR count). The van der Waals surface area contributed by atoms with Crippen molar-refractivity contribution in [2.75, 3.05) is 43.1 Å². The van der Waals surface area contributed by atoms with E-state index < -0.39 is 15.9 Å². The summed E-state index contributed by atoms with van der Waals surface area (Å²) in [5.41, 5.74) is 1.93. The Labute approximate surface area is 164 Å². The lowest BCUT2D eigenvalue weighted by molar-refractivity contribution is 0.102. The monoisotopic (exact) mass is 399 g/mol. The Hall–Kier alpha value is -2.86. The van der Waals surface area contributed by atoms with Crippen LogP contribution in [0.4, 0.5) is 11.4 Å². The maximum absolute atomic E-state index is 12.5. The predicted octanol–water partition coefficient (Wildman–Crippen LogP) is 1.69. The molecule has 0 saturated carbocycles. The van der Waals surface area contributed by atoms with Crippen LogP contribution in [-0.4, -0.2) is 47.2 Å². The maximum atomic E-state index is 12.5. The van der Waals surface area contributed by atoms with Crippen molar-refractivity contribution in [3.63, 3.8) is 0 Å². The normalized spacial score (nSPS) is 14.3. The maximum Gasteiger partial charge on any atom is 0.255 e. The quantitative estimate of drug-likeness (QED) is 0.722. The molecule has 1 heterocycles. The van der Waals surface area contributed by atoms with Gasteiger partial charge in [-0.2, -0.15) is 4.72 Å². The highest BCUT2D eigenvalue weighted by Crippen LogP contribution is 2.20. The van der Waals surface area contributed by atoms with E-state index >= 15 is 0 Å². The highest BCUT2D eigenvalue weighted by atomic mass is 32.2. The van der Waals surface area contributed by atoms with E-state index in [0.717, 1.165) is 18.8 Å². The molecule has 7 nitrogen and oxygen atoms in total. The minimum Gasteiger partial charge on any atom is -0.378 e. The summed E-state index contributed by atoms with van der Waals surface area (Å²) in [4.78, 5) is 14.7. The zero-order valence-electron chi connectivity index (χ0n) is 15.2. The van der Waals surface area contributed by atoms with Crippen LogP contribution in [-0.2, 0) is 14.8 Å². The van der Waals surface area contributed by atoms with Crippen molar-refractivity contribution < 1.29 is 17.9 Å². The molecule has 0 radical (unpaired) electrons. The fourth-order valence-electron chi connectivity index (χ4n) is 2.80. The number of amides is 1. The summed E-state index contributed by atoms with van der Waals surface area (Å²) < 4.78 is 31.9. The van der Waals surface area contributed by atoms with E-state index in [2.05, 4.69) is 20.9 Å². The number of carbonyl (C=O) groups is 1. The van der Waals surface area contributed by atoms with Gasteiger partial charge in [-0.3, -0.25) is 4.79 Å². The van der Waals surface area contributed by atoms with Crippen LogP contribution in [0.25, 0.3) is 0 Å². The van der Waals surface area contributed by atoms with Crippen LogP contribution in [0.2, 0.25) is 0 Å². The zero-order chi connectivity index (χ0) is 20.0.